The second-order valence-electron chi connectivity index (χ2n) is 4.57. The second-order valence-corrected chi connectivity index (χ2v) is 4.57. The Kier molecular flexibility index (Phi) is 4.60. The van der Waals surface area contributed by atoms with Crippen LogP contribution < -0.4 is 0 Å². The number of benzene rings is 2. The van der Waals surface area contributed by atoms with Gasteiger partial charge in [-0.2, -0.15) is 0 Å². The summed E-state index contributed by atoms with van der Waals surface area (Å²) in [5, 5.41) is 10.5. The van der Waals surface area contributed by atoms with Crippen molar-refractivity contribution in [2.45, 2.75) is 19.3 Å². The van der Waals surface area contributed by atoms with Gasteiger partial charge in [-0.3, -0.25) is 14.9 Å². The summed E-state index contributed by atoms with van der Waals surface area (Å²) in [5.74, 6) is 0.132. The second kappa shape index (κ2) is 6.61. The minimum Gasteiger partial charge on any atom is -0.294 e. The predicted molar refractivity (Wildman–Crippen MR) is 76.8 cm³/mol. The third kappa shape index (κ3) is 3.75. The van der Waals surface area contributed by atoms with E-state index >= 15 is 0 Å². The van der Waals surface area contributed by atoms with Crippen LogP contribution in [0, 0.1) is 10.1 Å². The van der Waals surface area contributed by atoms with Gasteiger partial charge >= 0.3 is 0 Å². The normalized spacial score (nSPS) is 10.2. The summed E-state index contributed by atoms with van der Waals surface area (Å²) in [7, 11) is 0. The molecule has 0 saturated heterocycles. The van der Waals surface area contributed by atoms with E-state index in [2.05, 4.69) is 0 Å². The number of hydrogen-bond acceptors (Lipinski definition) is 3. The van der Waals surface area contributed by atoms with Gasteiger partial charge in [-0.15, -0.1) is 0 Å². The fourth-order valence-corrected chi connectivity index (χ4v) is 2.01. The van der Waals surface area contributed by atoms with Gasteiger partial charge in [0.25, 0.3) is 5.69 Å². The Balaban J connectivity index is 1.84. The molecule has 0 atom stereocenters. The molecule has 0 aliphatic heterocycles. The van der Waals surface area contributed by atoms with E-state index in [0.29, 0.717) is 6.42 Å². The van der Waals surface area contributed by atoms with E-state index in [4.69, 9.17) is 0 Å². The standard InChI is InChI=1S/C16H15NO3/c18-16(14-6-2-1-3-7-14)8-4-5-13-9-11-15(12-10-13)17(19)20/h1-3,6-7,9-12H,4-5,8H2. The monoisotopic (exact) mass is 269 g/mol. The van der Waals surface area contributed by atoms with Gasteiger partial charge in [-0.1, -0.05) is 42.5 Å². The Hall–Kier alpha value is -2.49. The molecule has 0 aliphatic carbocycles. The molecule has 4 heteroatoms. The molecular formula is C16H15NO3. The van der Waals surface area contributed by atoms with Crippen LogP contribution in [0.15, 0.2) is 54.6 Å². The maximum absolute atomic E-state index is 11.9. The molecule has 0 fully saturated rings. The first-order valence-corrected chi connectivity index (χ1v) is 6.48. The molecule has 2 aromatic rings. The van der Waals surface area contributed by atoms with E-state index in [9.17, 15) is 14.9 Å². The van der Waals surface area contributed by atoms with Crippen LogP contribution in [0.2, 0.25) is 0 Å². The Morgan fingerprint density at radius 1 is 1.00 bits per heavy atom. The summed E-state index contributed by atoms with van der Waals surface area (Å²) in [5.41, 5.74) is 1.83. The Bertz CT molecular complexity index is 591. The number of carbonyl (C=O) groups is 1. The first-order chi connectivity index (χ1) is 9.66. The van der Waals surface area contributed by atoms with Crippen molar-refractivity contribution in [2.24, 2.45) is 0 Å². The van der Waals surface area contributed by atoms with Crippen molar-refractivity contribution in [1.82, 2.24) is 0 Å². The number of aryl methyl sites for hydroxylation is 1. The van der Waals surface area contributed by atoms with Crippen molar-refractivity contribution >= 4 is 11.5 Å². The zero-order valence-corrected chi connectivity index (χ0v) is 11.0. The molecule has 2 rings (SSSR count). The lowest BCUT2D eigenvalue weighted by Gasteiger charge is -2.02. The van der Waals surface area contributed by atoms with Crippen molar-refractivity contribution in [3.05, 3.63) is 75.8 Å². The van der Waals surface area contributed by atoms with Gasteiger partial charge < -0.3 is 0 Å². The third-order valence-corrected chi connectivity index (χ3v) is 3.11. The van der Waals surface area contributed by atoms with E-state index in [-0.39, 0.29) is 11.5 Å². The van der Waals surface area contributed by atoms with Gasteiger partial charge in [0.1, 0.15) is 0 Å². The van der Waals surface area contributed by atoms with Gasteiger partial charge in [0, 0.05) is 24.1 Å². The summed E-state index contributed by atoms with van der Waals surface area (Å²) >= 11 is 0. The Morgan fingerprint density at radius 2 is 1.65 bits per heavy atom. The van der Waals surface area contributed by atoms with Crippen LogP contribution in [-0.2, 0) is 6.42 Å². The number of carbonyl (C=O) groups excluding carboxylic acids is 1. The summed E-state index contributed by atoms with van der Waals surface area (Å²) in [6, 6.07) is 15.7. The lowest BCUT2D eigenvalue weighted by molar-refractivity contribution is -0.384. The lowest BCUT2D eigenvalue weighted by Crippen LogP contribution is -1.99. The van der Waals surface area contributed by atoms with Crippen LogP contribution in [0.1, 0.15) is 28.8 Å². The SMILES string of the molecule is O=C(CCCc1ccc([N+](=O)[O-])cc1)c1ccccc1. The van der Waals surface area contributed by atoms with Crippen molar-refractivity contribution in [3.63, 3.8) is 0 Å². The summed E-state index contributed by atoms with van der Waals surface area (Å²) < 4.78 is 0. The molecule has 0 aromatic heterocycles. The number of Topliss-reactive ketones (excluding diaryl/α,β-unsaturated/α-hetero) is 1. The van der Waals surface area contributed by atoms with Crippen LogP contribution in [-0.4, -0.2) is 10.7 Å². The van der Waals surface area contributed by atoms with E-state index in [1.807, 2.05) is 30.3 Å². The first-order valence-electron chi connectivity index (χ1n) is 6.48. The number of nitrogens with zero attached hydrogens (tertiary/aromatic N) is 1. The van der Waals surface area contributed by atoms with Gasteiger partial charge in [-0.05, 0) is 18.4 Å². The zero-order chi connectivity index (χ0) is 14.4. The third-order valence-electron chi connectivity index (χ3n) is 3.11. The molecule has 20 heavy (non-hydrogen) atoms. The van der Waals surface area contributed by atoms with Gasteiger partial charge in [0.05, 0.1) is 4.92 Å². The number of ketones is 1. The number of non-ortho nitro benzene ring substituents is 1. The average Bonchev–Trinajstić information content (AvgIpc) is 2.48. The van der Waals surface area contributed by atoms with Crippen molar-refractivity contribution in [1.29, 1.82) is 0 Å². The van der Waals surface area contributed by atoms with Gasteiger partial charge in [-0.25, -0.2) is 0 Å². The maximum atomic E-state index is 11.9. The number of hydrogen-bond donors (Lipinski definition) is 0. The molecule has 102 valence electrons. The molecule has 0 unspecified atom stereocenters. The van der Waals surface area contributed by atoms with E-state index < -0.39 is 4.92 Å². The van der Waals surface area contributed by atoms with Crippen molar-refractivity contribution in [2.75, 3.05) is 0 Å². The fourth-order valence-electron chi connectivity index (χ4n) is 2.01. The molecule has 0 bridgehead atoms. The first kappa shape index (κ1) is 13.9. The molecule has 2 aromatic carbocycles. The number of rotatable bonds is 6. The smallest absolute Gasteiger partial charge is 0.269 e. The molecule has 0 saturated carbocycles. The zero-order valence-electron chi connectivity index (χ0n) is 11.0. The minimum atomic E-state index is -0.414. The van der Waals surface area contributed by atoms with Crippen LogP contribution in [0.3, 0.4) is 0 Å². The van der Waals surface area contributed by atoms with E-state index in [1.54, 1.807) is 12.1 Å². The molecule has 0 heterocycles. The average molecular weight is 269 g/mol. The van der Waals surface area contributed by atoms with E-state index in [0.717, 1.165) is 24.0 Å². The largest absolute Gasteiger partial charge is 0.294 e. The maximum Gasteiger partial charge on any atom is 0.269 e. The van der Waals surface area contributed by atoms with Crippen molar-refractivity contribution < 1.29 is 9.72 Å². The summed E-state index contributed by atoms with van der Waals surface area (Å²) in [4.78, 5) is 22.0. The van der Waals surface area contributed by atoms with Gasteiger partial charge in [0.2, 0.25) is 0 Å². The lowest BCUT2D eigenvalue weighted by atomic mass is 10.0. The van der Waals surface area contributed by atoms with Crippen LogP contribution >= 0.6 is 0 Å². The minimum absolute atomic E-state index is 0.0918. The summed E-state index contributed by atoms with van der Waals surface area (Å²) in [6.45, 7) is 0. The molecule has 0 N–H and O–H groups in total. The van der Waals surface area contributed by atoms with Crippen LogP contribution in [0.5, 0.6) is 0 Å². The van der Waals surface area contributed by atoms with Gasteiger partial charge in [0.15, 0.2) is 5.78 Å². The topological polar surface area (TPSA) is 60.2 Å². The van der Waals surface area contributed by atoms with Crippen LogP contribution in [0.4, 0.5) is 5.69 Å². The highest BCUT2D eigenvalue weighted by atomic mass is 16.6. The predicted octanol–water partition coefficient (Wildman–Crippen LogP) is 3.80. The van der Waals surface area contributed by atoms with Crippen molar-refractivity contribution in [3.8, 4) is 0 Å². The highest BCUT2D eigenvalue weighted by molar-refractivity contribution is 5.95. The Labute approximate surface area is 117 Å². The quantitative estimate of drug-likeness (QED) is 0.455. The van der Waals surface area contributed by atoms with Crippen LogP contribution in [0.25, 0.3) is 0 Å². The van der Waals surface area contributed by atoms with E-state index in [1.165, 1.54) is 12.1 Å². The molecule has 4 nitrogen and oxygen atoms in total. The Morgan fingerprint density at radius 3 is 2.25 bits per heavy atom. The number of nitro benzene ring substituents is 1. The molecule has 0 radical (unpaired) electrons. The highest BCUT2D eigenvalue weighted by Gasteiger charge is 2.06. The molecule has 0 spiro atoms. The summed E-state index contributed by atoms with van der Waals surface area (Å²) in [6.07, 6.45) is 1.98. The molecule has 0 amide bonds. The number of nitro groups is 1. The molecular weight excluding hydrogens is 254 g/mol. The highest BCUT2D eigenvalue weighted by Crippen LogP contribution is 2.14. The molecule has 0 aliphatic rings. The fraction of sp³-hybridized carbons (Fsp3) is 0.188.